The summed E-state index contributed by atoms with van der Waals surface area (Å²) in [5.74, 6) is -0.267. The first kappa shape index (κ1) is 21.7. The minimum absolute atomic E-state index is 0.0530. The van der Waals surface area contributed by atoms with Crippen molar-refractivity contribution in [3.8, 4) is 0 Å². The second-order valence-electron chi connectivity index (χ2n) is 8.38. The summed E-state index contributed by atoms with van der Waals surface area (Å²) in [5.41, 5.74) is 6.59. The Labute approximate surface area is 167 Å². The molecule has 0 radical (unpaired) electrons. The van der Waals surface area contributed by atoms with Crippen molar-refractivity contribution in [3.05, 3.63) is 28.8 Å². The number of carbonyl (C=O) groups excluding carboxylic acids is 2. The van der Waals surface area contributed by atoms with Gasteiger partial charge in [0.2, 0.25) is 5.91 Å². The summed E-state index contributed by atoms with van der Waals surface area (Å²) in [6.45, 7) is 6.48. The third-order valence-corrected chi connectivity index (χ3v) is 6.03. The molecule has 1 fully saturated rings. The molecule has 1 aromatic rings. The highest BCUT2D eigenvalue weighted by Gasteiger charge is 2.33. The third kappa shape index (κ3) is 5.94. The summed E-state index contributed by atoms with van der Waals surface area (Å²) in [7, 11) is 0. The minimum Gasteiger partial charge on any atom is -0.347 e. The fraction of sp³-hybridized carbons (Fsp3) is 0.619. The third-order valence-electron chi connectivity index (χ3n) is 5.72. The van der Waals surface area contributed by atoms with Crippen LogP contribution in [-0.4, -0.2) is 23.9 Å². The molecule has 2 amide bonds. The van der Waals surface area contributed by atoms with E-state index in [0.29, 0.717) is 29.2 Å². The molecule has 0 unspecified atom stereocenters. The van der Waals surface area contributed by atoms with Crippen LogP contribution in [0.15, 0.2) is 18.2 Å². The van der Waals surface area contributed by atoms with E-state index in [4.69, 9.17) is 17.3 Å². The van der Waals surface area contributed by atoms with Crippen LogP contribution in [0.3, 0.4) is 0 Å². The Hall–Kier alpha value is -1.59. The average molecular weight is 394 g/mol. The molecule has 1 aliphatic rings. The van der Waals surface area contributed by atoms with Gasteiger partial charge in [-0.2, -0.15) is 0 Å². The molecule has 6 heteroatoms. The zero-order valence-electron chi connectivity index (χ0n) is 16.7. The van der Waals surface area contributed by atoms with Gasteiger partial charge in [0.05, 0.1) is 10.6 Å². The van der Waals surface area contributed by atoms with Crippen molar-refractivity contribution >= 4 is 29.1 Å². The van der Waals surface area contributed by atoms with Crippen LogP contribution in [0.25, 0.3) is 0 Å². The number of benzene rings is 1. The highest BCUT2D eigenvalue weighted by Crippen LogP contribution is 2.38. The number of carbonyl (C=O) groups is 2. The number of halogens is 1. The van der Waals surface area contributed by atoms with Crippen molar-refractivity contribution in [2.45, 2.75) is 71.3 Å². The van der Waals surface area contributed by atoms with E-state index in [2.05, 4.69) is 10.6 Å². The maximum atomic E-state index is 12.5. The van der Waals surface area contributed by atoms with E-state index in [1.165, 1.54) is 6.42 Å². The lowest BCUT2D eigenvalue weighted by Crippen LogP contribution is -2.42. The molecule has 1 aromatic carbocycles. The van der Waals surface area contributed by atoms with E-state index < -0.39 is 0 Å². The molecular formula is C21H32ClN3O2. The van der Waals surface area contributed by atoms with Gasteiger partial charge in [0.15, 0.2) is 0 Å². The summed E-state index contributed by atoms with van der Waals surface area (Å²) >= 11 is 6.29. The molecular weight excluding hydrogens is 362 g/mol. The molecule has 0 atom stereocenters. The predicted molar refractivity (Wildman–Crippen MR) is 111 cm³/mol. The number of rotatable bonds is 7. The van der Waals surface area contributed by atoms with Crippen molar-refractivity contribution in [2.75, 3.05) is 11.9 Å². The van der Waals surface area contributed by atoms with Crippen LogP contribution in [0.1, 0.15) is 76.1 Å². The molecule has 0 spiro atoms. The number of amides is 2. The van der Waals surface area contributed by atoms with E-state index in [1.54, 1.807) is 18.2 Å². The van der Waals surface area contributed by atoms with Crippen molar-refractivity contribution < 1.29 is 9.59 Å². The van der Waals surface area contributed by atoms with Gasteiger partial charge in [-0.15, -0.1) is 0 Å². The lowest BCUT2D eigenvalue weighted by Gasteiger charge is -2.35. The van der Waals surface area contributed by atoms with Crippen LogP contribution < -0.4 is 16.4 Å². The van der Waals surface area contributed by atoms with Gasteiger partial charge in [0, 0.05) is 17.6 Å². The van der Waals surface area contributed by atoms with Crippen LogP contribution in [0.5, 0.6) is 0 Å². The largest absolute Gasteiger partial charge is 0.347 e. The van der Waals surface area contributed by atoms with Gasteiger partial charge < -0.3 is 16.4 Å². The molecule has 0 bridgehead atoms. The number of hydrogen-bond acceptors (Lipinski definition) is 3. The Kier molecular flexibility index (Phi) is 7.29. The Morgan fingerprint density at radius 2 is 1.89 bits per heavy atom. The van der Waals surface area contributed by atoms with Gasteiger partial charge >= 0.3 is 0 Å². The van der Waals surface area contributed by atoms with Gasteiger partial charge in [0.1, 0.15) is 0 Å². The van der Waals surface area contributed by atoms with Crippen LogP contribution >= 0.6 is 11.6 Å². The number of nitrogens with two attached hydrogens (primary N) is 1. The Balaban J connectivity index is 2.02. The predicted octanol–water partition coefficient (Wildman–Crippen LogP) is 4.50. The fourth-order valence-electron chi connectivity index (χ4n) is 3.54. The topological polar surface area (TPSA) is 84.2 Å². The molecule has 0 aromatic heterocycles. The average Bonchev–Trinajstić information content (AvgIpc) is 2.62. The number of anilines is 1. The van der Waals surface area contributed by atoms with Gasteiger partial charge in [-0.3, -0.25) is 9.59 Å². The molecule has 1 aliphatic carbocycles. The molecule has 4 N–H and O–H groups in total. The molecule has 27 heavy (non-hydrogen) atoms. The van der Waals surface area contributed by atoms with Gasteiger partial charge in [-0.1, -0.05) is 37.8 Å². The quantitative estimate of drug-likeness (QED) is 0.637. The molecule has 0 aliphatic heterocycles. The maximum Gasteiger partial charge on any atom is 0.253 e. The standard InChI is InChI=1S/C21H32ClN3O2/c1-4-20(2,3)25-19(27)16-9-8-15(12-17(16)22)24-18(26)13-21(14-23)10-6-5-7-11-21/h8-9,12H,4-7,10-11,13-14,23H2,1-3H3,(H,24,26)(H,25,27). The van der Waals surface area contributed by atoms with E-state index in [0.717, 1.165) is 32.1 Å². The highest BCUT2D eigenvalue weighted by molar-refractivity contribution is 6.34. The Morgan fingerprint density at radius 3 is 2.44 bits per heavy atom. The van der Waals surface area contributed by atoms with Crippen molar-refractivity contribution in [3.63, 3.8) is 0 Å². The van der Waals surface area contributed by atoms with Gasteiger partial charge in [0.25, 0.3) is 5.91 Å². The van der Waals surface area contributed by atoms with Crippen LogP contribution in [0.2, 0.25) is 5.02 Å². The first-order valence-electron chi connectivity index (χ1n) is 9.82. The lowest BCUT2D eigenvalue weighted by atomic mass is 9.71. The molecule has 0 saturated heterocycles. The summed E-state index contributed by atoms with van der Waals surface area (Å²) in [5, 5.41) is 6.19. The van der Waals surface area contributed by atoms with E-state index in [9.17, 15) is 9.59 Å². The van der Waals surface area contributed by atoms with E-state index in [1.807, 2.05) is 20.8 Å². The molecule has 0 heterocycles. The molecule has 2 rings (SSSR count). The number of hydrogen-bond donors (Lipinski definition) is 3. The van der Waals surface area contributed by atoms with E-state index in [-0.39, 0.29) is 22.8 Å². The monoisotopic (exact) mass is 393 g/mol. The highest BCUT2D eigenvalue weighted by atomic mass is 35.5. The van der Waals surface area contributed by atoms with Crippen LogP contribution in [0.4, 0.5) is 5.69 Å². The van der Waals surface area contributed by atoms with Crippen molar-refractivity contribution in [1.82, 2.24) is 5.32 Å². The lowest BCUT2D eigenvalue weighted by molar-refractivity contribution is -0.118. The molecule has 150 valence electrons. The smallest absolute Gasteiger partial charge is 0.253 e. The molecule has 5 nitrogen and oxygen atoms in total. The Morgan fingerprint density at radius 1 is 1.22 bits per heavy atom. The van der Waals surface area contributed by atoms with Gasteiger partial charge in [-0.05, 0) is 63.3 Å². The van der Waals surface area contributed by atoms with Crippen molar-refractivity contribution in [1.29, 1.82) is 0 Å². The SMILES string of the molecule is CCC(C)(C)NC(=O)c1ccc(NC(=O)CC2(CN)CCCCC2)cc1Cl. The van der Waals surface area contributed by atoms with Crippen molar-refractivity contribution in [2.24, 2.45) is 11.1 Å². The summed E-state index contributed by atoms with van der Waals surface area (Å²) in [6, 6.07) is 5.00. The normalized spacial score (nSPS) is 16.6. The summed E-state index contributed by atoms with van der Waals surface area (Å²) in [4.78, 5) is 24.9. The zero-order chi connectivity index (χ0) is 20.1. The van der Waals surface area contributed by atoms with Crippen LogP contribution in [-0.2, 0) is 4.79 Å². The second kappa shape index (κ2) is 9.07. The maximum absolute atomic E-state index is 12.5. The first-order chi connectivity index (χ1) is 12.7. The molecule has 1 saturated carbocycles. The van der Waals surface area contributed by atoms with Gasteiger partial charge in [-0.25, -0.2) is 0 Å². The minimum atomic E-state index is -0.302. The second-order valence-corrected chi connectivity index (χ2v) is 8.78. The van der Waals surface area contributed by atoms with Crippen LogP contribution in [0, 0.1) is 5.41 Å². The fourth-order valence-corrected chi connectivity index (χ4v) is 3.81. The summed E-state index contributed by atoms with van der Waals surface area (Å²) in [6.07, 6.45) is 6.73. The Bertz CT molecular complexity index is 682. The zero-order valence-corrected chi connectivity index (χ0v) is 17.4. The summed E-state index contributed by atoms with van der Waals surface area (Å²) < 4.78 is 0. The first-order valence-corrected chi connectivity index (χ1v) is 10.2. The number of nitrogens with one attached hydrogen (secondary N) is 2. The van der Waals surface area contributed by atoms with E-state index >= 15 is 0 Å².